The Labute approximate surface area is 102 Å². The van der Waals surface area contributed by atoms with Crippen LogP contribution in [0.5, 0.6) is 0 Å². The predicted molar refractivity (Wildman–Crippen MR) is 60.4 cm³/mol. The Balaban J connectivity index is 0. The van der Waals surface area contributed by atoms with Crippen LogP contribution in [0.25, 0.3) is 5.32 Å². The first-order chi connectivity index (χ1) is 6.13. The molecule has 1 rings (SSSR count). The second-order valence-electron chi connectivity index (χ2n) is 4.15. The van der Waals surface area contributed by atoms with Crippen molar-refractivity contribution < 1.29 is 18.9 Å². The zero-order chi connectivity index (χ0) is 10.1. The normalized spacial score (nSPS) is 15.9. The van der Waals surface area contributed by atoms with Gasteiger partial charge in [0.2, 0.25) is 0 Å². The van der Waals surface area contributed by atoms with Gasteiger partial charge in [-0.15, -0.1) is 12.1 Å². The van der Waals surface area contributed by atoms with E-state index < -0.39 is 0 Å². The van der Waals surface area contributed by atoms with Gasteiger partial charge in [0.05, 0.1) is 0 Å². The van der Waals surface area contributed by atoms with Gasteiger partial charge in [-0.1, -0.05) is 34.1 Å². The molecule has 0 unspecified atom stereocenters. The predicted octanol–water partition coefficient (Wildman–Crippen LogP) is -0.0592. The van der Waals surface area contributed by atoms with Crippen LogP contribution >= 0.6 is 0 Å². The van der Waals surface area contributed by atoms with Crippen LogP contribution < -0.4 is 24.2 Å². The van der Waals surface area contributed by atoms with Crippen molar-refractivity contribution in [3.8, 4) is 0 Å². The minimum Gasteiger partial charge on any atom is -0.658 e. The third-order valence-corrected chi connectivity index (χ3v) is 1.80. The van der Waals surface area contributed by atoms with E-state index in [1.165, 1.54) is 32.4 Å². The smallest absolute Gasteiger partial charge is 0.658 e. The number of hydrogen-bond donors (Lipinski definition) is 1. The molecule has 1 fully saturated rings. The van der Waals surface area contributed by atoms with Crippen LogP contribution in [0, 0.1) is 0 Å². The van der Waals surface area contributed by atoms with E-state index in [1.54, 1.807) is 0 Å². The van der Waals surface area contributed by atoms with Crippen LogP contribution in [0.2, 0.25) is 0 Å². The van der Waals surface area contributed by atoms with Crippen molar-refractivity contribution in [2.24, 2.45) is 0 Å². The Hall–Kier alpha value is 0.517. The molecule has 0 saturated carbocycles. The maximum absolute atomic E-state index is 4.28. The summed E-state index contributed by atoms with van der Waals surface area (Å²) in [5.41, 5.74) is 0. The SMILES string of the molecule is C1CCNCC1.CC(C)[N-]C(C)C.[Li+]. The molecular weight excluding hydrogens is 167 g/mol. The van der Waals surface area contributed by atoms with Crippen LogP contribution in [0.1, 0.15) is 47.0 Å². The Bertz CT molecular complexity index is 84.0. The molecule has 80 valence electrons. The zero-order valence-corrected chi connectivity index (χ0v) is 10.6. The van der Waals surface area contributed by atoms with Crippen molar-refractivity contribution in [1.29, 1.82) is 0 Å². The van der Waals surface area contributed by atoms with E-state index in [4.69, 9.17) is 0 Å². The molecule has 0 aromatic carbocycles. The second-order valence-corrected chi connectivity index (χ2v) is 4.15. The van der Waals surface area contributed by atoms with Gasteiger partial charge in [-0.25, -0.2) is 0 Å². The van der Waals surface area contributed by atoms with E-state index in [1.807, 2.05) is 0 Å². The van der Waals surface area contributed by atoms with Crippen LogP contribution in [0.4, 0.5) is 0 Å². The molecule has 1 aliphatic rings. The first-order valence-corrected chi connectivity index (χ1v) is 5.53. The fourth-order valence-corrected chi connectivity index (χ4v) is 1.40. The molecule has 0 aliphatic carbocycles. The van der Waals surface area contributed by atoms with E-state index >= 15 is 0 Å². The average molecular weight is 192 g/mol. The minimum absolute atomic E-state index is 0. The summed E-state index contributed by atoms with van der Waals surface area (Å²) >= 11 is 0. The Kier molecular flexibility index (Phi) is 14.0. The summed E-state index contributed by atoms with van der Waals surface area (Å²) in [4.78, 5) is 0. The standard InChI is InChI=1S/C6H14N.C5H11N.Li/c1-5(2)7-6(3)4;1-2-4-6-5-3-1;/h5-6H,1-4H3;6H,1-5H2;/q-1;;+1. The summed E-state index contributed by atoms with van der Waals surface area (Å²) in [5.74, 6) is 0. The Morgan fingerprint density at radius 2 is 1.29 bits per heavy atom. The number of piperidine rings is 1. The summed E-state index contributed by atoms with van der Waals surface area (Å²) in [6, 6.07) is 1.000. The van der Waals surface area contributed by atoms with Gasteiger partial charge in [0.25, 0.3) is 0 Å². The second kappa shape index (κ2) is 11.6. The maximum Gasteiger partial charge on any atom is 1.00 e. The zero-order valence-electron chi connectivity index (χ0n) is 10.6. The molecule has 0 radical (unpaired) electrons. The molecule has 0 amide bonds. The quantitative estimate of drug-likeness (QED) is 0.610. The van der Waals surface area contributed by atoms with Gasteiger partial charge < -0.3 is 10.6 Å². The molecular formula is C11H25LiN2. The molecule has 0 aromatic heterocycles. The van der Waals surface area contributed by atoms with E-state index in [0.717, 1.165) is 0 Å². The molecule has 14 heavy (non-hydrogen) atoms. The Morgan fingerprint density at radius 1 is 0.857 bits per heavy atom. The van der Waals surface area contributed by atoms with Crippen LogP contribution in [-0.4, -0.2) is 25.2 Å². The summed E-state index contributed by atoms with van der Waals surface area (Å²) < 4.78 is 0. The average Bonchev–Trinajstić information content (AvgIpc) is 2.06. The molecule has 1 heterocycles. The van der Waals surface area contributed by atoms with Gasteiger partial charge in [-0.05, 0) is 25.9 Å². The van der Waals surface area contributed by atoms with Crippen molar-refractivity contribution in [3.63, 3.8) is 0 Å². The van der Waals surface area contributed by atoms with Crippen molar-refractivity contribution in [3.05, 3.63) is 5.32 Å². The third-order valence-electron chi connectivity index (χ3n) is 1.80. The van der Waals surface area contributed by atoms with Gasteiger partial charge in [0.1, 0.15) is 0 Å². The molecule has 0 spiro atoms. The molecule has 0 atom stereocenters. The molecule has 2 nitrogen and oxygen atoms in total. The molecule has 3 heteroatoms. The van der Waals surface area contributed by atoms with Crippen molar-refractivity contribution in [2.75, 3.05) is 13.1 Å². The first-order valence-electron chi connectivity index (χ1n) is 5.53. The molecule has 1 N–H and O–H groups in total. The Morgan fingerprint density at radius 3 is 1.36 bits per heavy atom. The summed E-state index contributed by atoms with van der Waals surface area (Å²) in [6.07, 6.45) is 4.22. The fraction of sp³-hybridized carbons (Fsp3) is 1.00. The molecule has 1 aliphatic heterocycles. The topological polar surface area (TPSA) is 26.1 Å². The monoisotopic (exact) mass is 192 g/mol. The van der Waals surface area contributed by atoms with Gasteiger partial charge >= 0.3 is 18.9 Å². The summed E-state index contributed by atoms with van der Waals surface area (Å²) in [5, 5.41) is 7.56. The largest absolute Gasteiger partial charge is 1.00 e. The van der Waals surface area contributed by atoms with Gasteiger partial charge in [-0.3, -0.25) is 0 Å². The van der Waals surface area contributed by atoms with E-state index in [9.17, 15) is 0 Å². The number of rotatable bonds is 2. The van der Waals surface area contributed by atoms with Crippen LogP contribution in [0.15, 0.2) is 0 Å². The number of nitrogens with one attached hydrogen (secondary N) is 1. The molecule has 1 saturated heterocycles. The molecule has 0 bridgehead atoms. The van der Waals surface area contributed by atoms with Crippen LogP contribution in [0.3, 0.4) is 0 Å². The van der Waals surface area contributed by atoms with E-state index in [2.05, 4.69) is 38.3 Å². The van der Waals surface area contributed by atoms with Gasteiger partial charge in [0, 0.05) is 0 Å². The van der Waals surface area contributed by atoms with Gasteiger partial charge in [-0.2, -0.15) is 0 Å². The van der Waals surface area contributed by atoms with Crippen molar-refractivity contribution >= 4 is 0 Å². The van der Waals surface area contributed by atoms with E-state index in [0.29, 0.717) is 12.1 Å². The fourth-order valence-electron chi connectivity index (χ4n) is 1.40. The number of nitrogens with zero attached hydrogens (tertiary/aromatic N) is 1. The molecule has 0 aromatic rings. The third kappa shape index (κ3) is 15.0. The number of hydrogen-bond acceptors (Lipinski definition) is 1. The van der Waals surface area contributed by atoms with Crippen molar-refractivity contribution in [1.82, 2.24) is 5.32 Å². The van der Waals surface area contributed by atoms with Crippen LogP contribution in [-0.2, 0) is 0 Å². The first kappa shape index (κ1) is 16.9. The summed E-state index contributed by atoms with van der Waals surface area (Å²) in [7, 11) is 0. The summed E-state index contributed by atoms with van der Waals surface area (Å²) in [6.45, 7) is 10.9. The minimum atomic E-state index is 0. The maximum atomic E-state index is 4.28. The van der Waals surface area contributed by atoms with Gasteiger partial charge in [0.15, 0.2) is 0 Å². The van der Waals surface area contributed by atoms with E-state index in [-0.39, 0.29) is 18.9 Å². The van der Waals surface area contributed by atoms with Crippen molar-refractivity contribution in [2.45, 2.75) is 59.0 Å².